The van der Waals surface area contributed by atoms with E-state index in [1.165, 1.54) is 25.4 Å². The van der Waals surface area contributed by atoms with Gasteiger partial charge in [-0.25, -0.2) is 18.7 Å². The highest BCUT2D eigenvalue weighted by molar-refractivity contribution is 7.48. The summed E-state index contributed by atoms with van der Waals surface area (Å²) < 4.78 is 45.0. The zero-order chi connectivity index (χ0) is 24.7. The molecule has 0 aliphatic carbocycles. The fourth-order valence-corrected chi connectivity index (χ4v) is 4.31. The molecule has 0 atom stereocenters. The molecule has 182 valence electrons. The summed E-state index contributed by atoms with van der Waals surface area (Å²) in [6.07, 6.45) is 1.38. The van der Waals surface area contributed by atoms with Crippen LogP contribution in [0.25, 0.3) is 10.9 Å². The largest absolute Gasteiger partial charge is 0.492 e. The summed E-state index contributed by atoms with van der Waals surface area (Å²) in [5.41, 5.74) is 0.882. The van der Waals surface area contributed by atoms with Crippen LogP contribution in [0.1, 0.15) is 26.3 Å². The average Bonchev–Trinajstić information content (AvgIpc) is 2.80. The van der Waals surface area contributed by atoms with Crippen molar-refractivity contribution in [3.63, 3.8) is 0 Å². The van der Waals surface area contributed by atoms with E-state index in [9.17, 15) is 13.6 Å². The molecule has 0 radical (unpaired) electrons. The third-order valence-electron chi connectivity index (χ3n) is 4.70. The summed E-state index contributed by atoms with van der Waals surface area (Å²) in [7, 11) is -1.36. The fourth-order valence-electron chi connectivity index (χ4n) is 3.17. The number of fused-ring (bicyclic) bond motifs is 1. The summed E-state index contributed by atoms with van der Waals surface area (Å²) in [6, 6.07) is 5.80. The average molecular weight is 492 g/mol. The summed E-state index contributed by atoms with van der Waals surface area (Å²) in [5.74, 6) is -0.944. The minimum Gasteiger partial charge on any atom is -0.492 e. The lowest BCUT2D eigenvalue weighted by Gasteiger charge is -2.17. The van der Waals surface area contributed by atoms with Gasteiger partial charge in [-0.1, -0.05) is 0 Å². The van der Waals surface area contributed by atoms with Crippen molar-refractivity contribution in [3.05, 3.63) is 47.8 Å². The number of ether oxygens (including phenoxy) is 1. The Morgan fingerprint density at radius 3 is 2.44 bits per heavy atom. The Kier molecular flexibility index (Phi) is 9.04. The van der Waals surface area contributed by atoms with Crippen molar-refractivity contribution in [1.82, 2.24) is 9.97 Å². The van der Waals surface area contributed by atoms with E-state index in [4.69, 9.17) is 13.8 Å². The van der Waals surface area contributed by atoms with E-state index in [-0.39, 0.29) is 23.3 Å². The standard InChI is InChI=1S/C23H27F2N4O4P/c1-5-31-20-11-18-15(10-19(20)28-21(30)12-34(32-6-2)33-7-3)23(27-13-26-18)29-17-9-8-16(24)14(4)22(17)25/h8-11,13H,5-7,12H2,1-4H3,(H,28,30)(H,26,27,29). The minimum absolute atomic E-state index is 0.0527. The Balaban J connectivity index is 1.96. The van der Waals surface area contributed by atoms with Gasteiger partial charge in [-0.15, -0.1) is 0 Å². The van der Waals surface area contributed by atoms with Gasteiger partial charge in [0.2, 0.25) is 5.91 Å². The normalized spacial score (nSPS) is 11.1. The molecule has 1 amide bonds. The van der Waals surface area contributed by atoms with E-state index in [1.807, 2.05) is 20.8 Å². The fraction of sp³-hybridized carbons (Fsp3) is 0.348. The Labute approximate surface area is 197 Å². The van der Waals surface area contributed by atoms with E-state index >= 15 is 0 Å². The van der Waals surface area contributed by atoms with Gasteiger partial charge in [0.15, 0.2) is 14.2 Å². The topological polar surface area (TPSA) is 94.6 Å². The van der Waals surface area contributed by atoms with Gasteiger partial charge in [0.1, 0.15) is 23.7 Å². The molecule has 0 saturated heterocycles. The summed E-state index contributed by atoms with van der Waals surface area (Å²) in [4.78, 5) is 21.2. The predicted molar refractivity (Wildman–Crippen MR) is 129 cm³/mol. The molecule has 0 aliphatic rings. The molecule has 3 rings (SSSR count). The monoisotopic (exact) mass is 492 g/mol. The highest BCUT2D eigenvalue weighted by Crippen LogP contribution is 2.39. The van der Waals surface area contributed by atoms with E-state index < -0.39 is 20.0 Å². The van der Waals surface area contributed by atoms with Crippen molar-refractivity contribution in [2.75, 3.05) is 36.6 Å². The number of benzene rings is 2. The van der Waals surface area contributed by atoms with E-state index in [0.29, 0.717) is 48.0 Å². The van der Waals surface area contributed by atoms with Gasteiger partial charge < -0.3 is 24.4 Å². The molecule has 0 saturated carbocycles. The number of amides is 1. The Morgan fingerprint density at radius 2 is 1.76 bits per heavy atom. The van der Waals surface area contributed by atoms with Crippen LogP contribution in [0.4, 0.5) is 26.0 Å². The maximum Gasteiger partial charge on any atom is 0.233 e. The van der Waals surface area contributed by atoms with Crippen LogP contribution in [-0.2, 0) is 13.8 Å². The third kappa shape index (κ3) is 6.14. The highest BCUT2D eigenvalue weighted by atomic mass is 31.2. The number of carbonyl (C=O) groups excluding carboxylic acids is 1. The zero-order valence-corrected chi connectivity index (χ0v) is 20.3. The van der Waals surface area contributed by atoms with Crippen LogP contribution in [0.2, 0.25) is 0 Å². The second-order valence-electron chi connectivity index (χ2n) is 7.05. The highest BCUT2D eigenvalue weighted by Gasteiger charge is 2.19. The molecule has 3 aromatic rings. The minimum atomic E-state index is -1.36. The molecule has 0 aliphatic heterocycles. The van der Waals surface area contributed by atoms with Gasteiger partial charge >= 0.3 is 0 Å². The number of anilines is 3. The van der Waals surface area contributed by atoms with Crippen molar-refractivity contribution in [2.24, 2.45) is 0 Å². The second-order valence-corrected chi connectivity index (χ2v) is 8.55. The summed E-state index contributed by atoms with van der Waals surface area (Å²) in [5, 5.41) is 6.25. The molecular weight excluding hydrogens is 465 g/mol. The van der Waals surface area contributed by atoms with Gasteiger partial charge in [-0.2, -0.15) is 0 Å². The van der Waals surface area contributed by atoms with Gasteiger partial charge in [0.25, 0.3) is 0 Å². The number of nitrogens with zero attached hydrogens (tertiary/aromatic N) is 2. The van der Waals surface area contributed by atoms with Crippen molar-refractivity contribution < 1.29 is 27.4 Å². The van der Waals surface area contributed by atoms with Crippen LogP contribution in [0.3, 0.4) is 0 Å². The number of rotatable bonds is 11. The smallest absolute Gasteiger partial charge is 0.233 e. The molecule has 0 bridgehead atoms. The molecular formula is C23H27F2N4O4P. The summed E-state index contributed by atoms with van der Waals surface area (Å²) in [6.45, 7) is 8.09. The first-order valence-electron chi connectivity index (χ1n) is 10.8. The first-order valence-corrected chi connectivity index (χ1v) is 12.2. The van der Waals surface area contributed by atoms with E-state index in [1.54, 1.807) is 12.1 Å². The molecule has 0 spiro atoms. The molecule has 2 aromatic carbocycles. The van der Waals surface area contributed by atoms with Gasteiger partial charge in [-0.3, -0.25) is 4.79 Å². The van der Waals surface area contributed by atoms with Crippen molar-refractivity contribution in [3.8, 4) is 5.75 Å². The van der Waals surface area contributed by atoms with Crippen molar-refractivity contribution in [2.45, 2.75) is 27.7 Å². The number of hydrogen-bond donors (Lipinski definition) is 2. The van der Waals surface area contributed by atoms with Crippen LogP contribution in [-0.4, -0.2) is 41.9 Å². The Morgan fingerprint density at radius 1 is 1.03 bits per heavy atom. The second kappa shape index (κ2) is 12.0. The lowest BCUT2D eigenvalue weighted by atomic mass is 10.1. The first-order chi connectivity index (χ1) is 16.4. The van der Waals surface area contributed by atoms with Gasteiger partial charge in [-0.05, 0) is 45.9 Å². The van der Waals surface area contributed by atoms with E-state index in [2.05, 4.69) is 20.6 Å². The molecule has 8 nitrogen and oxygen atoms in total. The number of aromatic nitrogens is 2. The van der Waals surface area contributed by atoms with Crippen LogP contribution in [0.5, 0.6) is 5.75 Å². The Bertz CT molecular complexity index is 1160. The third-order valence-corrected chi connectivity index (χ3v) is 6.34. The molecule has 0 fully saturated rings. The maximum absolute atomic E-state index is 14.6. The number of carbonyl (C=O) groups is 1. The zero-order valence-electron chi connectivity index (χ0n) is 19.4. The van der Waals surface area contributed by atoms with Crippen LogP contribution < -0.4 is 15.4 Å². The van der Waals surface area contributed by atoms with Gasteiger partial charge in [0.05, 0.1) is 42.9 Å². The van der Waals surface area contributed by atoms with Crippen molar-refractivity contribution >= 4 is 42.4 Å². The molecule has 34 heavy (non-hydrogen) atoms. The van der Waals surface area contributed by atoms with Crippen LogP contribution in [0.15, 0.2) is 30.6 Å². The predicted octanol–water partition coefficient (Wildman–Crippen LogP) is 5.68. The SMILES string of the molecule is CCOc1cc2ncnc(Nc3ccc(F)c(C)c3F)c2cc1NC(=O)CP(OCC)OCC. The van der Waals surface area contributed by atoms with Crippen molar-refractivity contribution in [1.29, 1.82) is 0 Å². The number of halogens is 2. The lowest BCUT2D eigenvalue weighted by molar-refractivity contribution is -0.114. The first kappa shape index (κ1) is 25.7. The summed E-state index contributed by atoms with van der Waals surface area (Å²) >= 11 is 0. The molecule has 11 heteroatoms. The van der Waals surface area contributed by atoms with Crippen LogP contribution in [0, 0.1) is 18.6 Å². The maximum atomic E-state index is 14.6. The molecule has 0 unspecified atom stereocenters. The quantitative estimate of drug-likeness (QED) is 0.333. The lowest BCUT2D eigenvalue weighted by Crippen LogP contribution is -2.17. The number of nitrogens with one attached hydrogen (secondary N) is 2. The molecule has 1 aromatic heterocycles. The number of hydrogen-bond acceptors (Lipinski definition) is 7. The van der Waals surface area contributed by atoms with E-state index in [0.717, 1.165) is 0 Å². The molecule has 1 heterocycles. The van der Waals surface area contributed by atoms with Crippen LogP contribution >= 0.6 is 8.38 Å². The Hall–Kier alpha value is -2.94. The van der Waals surface area contributed by atoms with Gasteiger partial charge in [0, 0.05) is 17.0 Å². The molecule has 2 N–H and O–H groups in total.